The third kappa shape index (κ3) is 3.12. The van der Waals surface area contributed by atoms with Gasteiger partial charge in [-0.25, -0.2) is 0 Å². The van der Waals surface area contributed by atoms with Crippen LogP contribution >= 0.6 is 0 Å². The zero-order valence-corrected chi connectivity index (χ0v) is 11.4. The molecule has 1 amide bonds. The maximum Gasteiger partial charge on any atom is 0.241 e. The van der Waals surface area contributed by atoms with Crippen LogP contribution in [0.4, 0.5) is 5.69 Å². The number of anilines is 1. The minimum atomic E-state index is -0.462. The van der Waals surface area contributed by atoms with E-state index in [4.69, 9.17) is 5.73 Å². The summed E-state index contributed by atoms with van der Waals surface area (Å²) in [5.74, 6) is 0.0603. The number of benzene rings is 2. The second-order valence-electron chi connectivity index (χ2n) is 4.96. The Morgan fingerprint density at radius 2 is 1.89 bits per heavy atom. The van der Waals surface area contributed by atoms with Gasteiger partial charge in [0.05, 0.1) is 6.04 Å². The van der Waals surface area contributed by atoms with Gasteiger partial charge in [0, 0.05) is 5.69 Å². The van der Waals surface area contributed by atoms with Crippen LogP contribution in [-0.2, 0) is 4.79 Å². The van der Waals surface area contributed by atoms with Gasteiger partial charge in [-0.2, -0.15) is 0 Å². The number of hydrogen-bond acceptors (Lipinski definition) is 2. The summed E-state index contributed by atoms with van der Waals surface area (Å²) in [4.78, 5) is 12.0. The Morgan fingerprint density at radius 3 is 2.58 bits per heavy atom. The van der Waals surface area contributed by atoms with Crippen LogP contribution in [0.15, 0.2) is 42.5 Å². The van der Waals surface area contributed by atoms with E-state index in [0.717, 1.165) is 22.9 Å². The zero-order chi connectivity index (χ0) is 13.8. The van der Waals surface area contributed by atoms with E-state index in [0.29, 0.717) is 0 Å². The highest BCUT2D eigenvalue weighted by atomic mass is 16.2. The molecule has 19 heavy (non-hydrogen) atoms. The SMILES string of the molecule is CC[C@@H](C)[C@H](N)C(=O)Nc1ccc2ccccc2c1. The molecule has 3 nitrogen and oxygen atoms in total. The van der Waals surface area contributed by atoms with Gasteiger partial charge in [0.2, 0.25) is 5.91 Å². The van der Waals surface area contributed by atoms with E-state index in [2.05, 4.69) is 5.32 Å². The molecule has 0 aliphatic rings. The Labute approximate surface area is 113 Å². The van der Waals surface area contributed by atoms with E-state index in [9.17, 15) is 4.79 Å². The molecule has 0 aliphatic heterocycles. The van der Waals surface area contributed by atoms with Crippen LogP contribution in [0.3, 0.4) is 0 Å². The fraction of sp³-hybridized carbons (Fsp3) is 0.312. The molecule has 2 rings (SSSR count). The largest absolute Gasteiger partial charge is 0.325 e. The monoisotopic (exact) mass is 256 g/mol. The van der Waals surface area contributed by atoms with Crippen molar-refractivity contribution in [2.45, 2.75) is 26.3 Å². The molecule has 0 aromatic heterocycles. The molecule has 0 unspecified atom stereocenters. The molecule has 3 heteroatoms. The summed E-state index contributed by atoms with van der Waals surface area (Å²) in [6.07, 6.45) is 0.895. The normalized spacial score (nSPS) is 14.1. The molecule has 0 bridgehead atoms. The van der Waals surface area contributed by atoms with Gasteiger partial charge in [0.25, 0.3) is 0 Å². The van der Waals surface area contributed by atoms with Gasteiger partial charge in [-0.3, -0.25) is 4.79 Å². The van der Waals surface area contributed by atoms with Gasteiger partial charge in [-0.15, -0.1) is 0 Å². The van der Waals surface area contributed by atoms with Gasteiger partial charge in [-0.05, 0) is 28.8 Å². The third-order valence-electron chi connectivity index (χ3n) is 3.58. The summed E-state index contributed by atoms with van der Waals surface area (Å²) in [7, 11) is 0. The van der Waals surface area contributed by atoms with Crippen molar-refractivity contribution in [3.8, 4) is 0 Å². The van der Waals surface area contributed by atoms with E-state index < -0.39 is 6.04 Å². The van der Waals surface area contributed by atoms with Gasteiger partial charge in [0.15, 0.2) is 0 Å². The molecule has 2 aromatic carbocycles. The molecule has 2 atom stereocenters. The fourth-order valence-corrected chi connectivity index (χ4v) is 2.01. The van der Waals surface area contributed by atoms with E-state index in [1.807, 2.05) is 56.3 Å². The average molecular weight is 256 g/mol. The second kappa shape index (κ2) is 5.85. The lowest BCUT2D eigenvalue weighted by Gasteiger charge is -2.17. The summed E-state index contributed by atoms with van der Waals surface area (Å²) in [6, 6.07) is 13.5. The molecule has 0 saturated heterocycles. The lowest BCUT2D eigenvalue weighted by atomic mass is 9.99. The van der Waals surface area contributed by atoms with Crippen molar-refractivity contribution in [2.75, 3.05) is 5.32 Å². The van der Waals surface area contributed by atoms with Crippen molar-refractivity contribution in [1.82, 2.24) is 0 Å². The minimum absolute atomic E-state index is 0.121. The van der Waals surface area contributed by atoms with Crippen LogP contribution in [0.5, 0.6) is 0 Å². The molecule has 3 N–H and O–H groups in total. The number of hydrogen-bond donors (Lipinski definition) is 2. The second-order valence-corrected chi connectivity index (χ2v) is 4.96. The molecule has 0 aliphatic carbocycles. The molecule has 0 heterocycles. The maximum atomic E-state index is 12.0. The molecule has 0 saturated carbocycles. The summed E-state index contributed by atoms with van der Waals surface area (Å²) < 4.78 is 0. The Kier molecular flexibility index (Phi) is 4.17. The summed E-state index contributed by atoms with van der Waals surface area (Å²) in [5, 5.41) is 5.15. The van der Waals surface area contributed by atoms with E-state index in [1.54, 1.807) is 0 Å². The number of carbonyl (C=O) groups excluding carboxylic acids is 1. The van der Waals surface area contributed by atoms with Crippen LogP contribution in [0.2, 0.25) is 0 Å². The number of amides is 1. The van der Waals surface area contributed by atoms with Crippen molar-refractivity contribution < 1.29 is 4.79 Å². The van der Waals surface area contributed by atoms with Crippen LogP contribution < -0.4 is 11.1 Å². The number of fused-ring (bicyclic) bond motifs is 1. The van der Waals surface area contributed by atoms with Crippen LogP contribution in [0, 0.1) is 5.92 Å². The Bertz CT molecular complexity index is 580. The first-order valence-electron chi connectivity index (χ1n) is 6.67. The molecule has 100 valence electrons. The van der Waals surface area contributed by atoms with Crippen LogP contribution in [0.25, 0.3) is 10.8 Å². The number of carbonyl (C=O) groups is 1. The Hall–Kier alpha value is -1.87. The first kappa shape index (κ1) is 13.6. The molecule has 0 spiro atoms. The minimum Gasteiger partial charge on any atom is -0.325 e. The fourth-order valence-electron chi connectivity index (χ4n) is 2.01. The summed E-state index contributed by atoms with van der Waals surface area (Å²) in [5.41, 5.74) is 6.71. The zero-order valence-electron chi connectivity index (χ0n) is 11.4. The average Bonchev–Trinajstić information content (AvgIpc) is 2.45. The van der Waals surface area contributed by atoms with Gasteiger partial charge >= 0.3 is 0 Å². The molecular weight excluding hydrogens is 236 g/mol. The number of nitrogens with one attached hydrogen (secondary N) is 1. The summed E-state index contributed by atoms with van der Waals surface area (Å²) >= 11 is 0. The van der Waals surface area contributed by atoms with Gasteiger partial charge in [-0.1, -0.05) is 50.6 Å². The highest BCUT2D eigenvalue weighted by molar-refractivity contribution is 5.97. The number of rotatable bonds is 4. The molecule has 2 aromatic rings. The van der Waals surface area contributed by atoms with E-state index in [1.165, 1.54) is 0 Å². The first-order chi connectivity index (χ1) is 9.11. The quantitative estimate of drug-likeness (QED) is 0.883. The number of nitrogens with two attached hydrogens (primary N) is 1. The Morgan fingerprint density at radius 1 is 1.21 bits per heavy atom. The molecular formula is C16H20N2O. The molecule has 0 fully saturated rings. The van der Waals surface area contributed by atoms with Crippen molar-refractivity contribution in [3.05, 3.63) is 42.5 Å². The van der Waals surface area contributed by atoms with Crippen molar-refractivity contribution in [1.29, 1.82) is 0 Å². The van der Waals surface area contributed by atoms with Crippen molar-refractivity contribution in [3.63, 3.8) is 0 Å². The van der Waals surface area contributed by atoms with E-state index >= 15 is 0 Å². The lowest BCUT2D eigenvalue weighted by molar-refractivity contribution is -0.118. The highest BCUT2D eigenvalue weighted by Gasteiger charge is 2.19. The highest BCUT2D eigenvalue weighted by Crippen LogP contribution is 2.19. The van der Waals surface area contributed by atoms with Crippen molar-refractivity contribution >= 4 is 22.4 Å². The van der Waals surface area contributed by atoms with Crippen LogP contribution in [-0.4, -0.2) is 11.9 Å². The first-order valence-corrected chi connectivity index (χ1v) is 6.67. The topological polar surface area (TPSA) is 55.1 Å². The lowest BCUT2D eigenvalue weighted by Crippen LogP contribution is -2.40. The van der Waals surface area contributed by atoms with Crippen molar-refractivity contribution in [2.24, 2.45) is 11.7 Å². The predicted octanol–water partition coefficient (Wildman–Crippen LogP) is 3.15. The van der Waals surface area contributed by atoms with Gasteiger partial charge in [0.1, 0.15) is 0 Å². The Balaban J connectivity index is 2.15. The molecule has 0 radical (unpaired) electrons. The third-order valence-corrected chi connectivity index (χ3v) is 3.58. The summed E-state index contributed by atoms with van der Waals surface area (Å²) in [6.45, 7) is 4.03. The van der Waals surface area contributed by atoms with Gasteiger partial charge < -0.3 is 11.1 Å². The van der Waals surface area contributed by atoms with Crippen LogP contribution in [0.1, 0.15) is 20.3 Å². The standard InChI is InChI=1S/C16H20N2O/c1-3-11(2)15(17)16(19)18-14-9-8-12-6-4-5-7-13(12)10-14/h4-11,15H,3,17H2,1-2H3,(H,18,19)/t11-,15+/m1/s1. The maximum absolute atomic E-state index is 12.0. The predicted molar refractivity (Wildman–Crippen MR) is 80.0 cm³/mol. The van der Waals surface area contributed by atoms with E-state index in [-0.39, 0.29) is 11.8 Å². The smallest absolute Gasteiger partial charge is 0.241 e.